The predicted octanol–water partition coefficient (Wildman–Crippen LogP) is 2.51. The Hall–Kier alpha value is -3.10. The van der Waals surface area contributed by atoms with E-state index >= 15 is 0 Å². The highest BCUT2D eigenvalue weighted by molar-refractivity contribution is 6.44. The van der Waals surface area contributed by atoms with Gasteiger partial charge in [0.2, 0.25) is 5.78 Å². The van der Waals surface area contributed by atoms with Gasteiger partial charge in [-0.1, -0.05) is 12.1 Å². The molecule has 0 saturated carbocycles. The smallest absolute Gasteiger partial charge is 0.291 e. The summed E-state index contributed by atoms with van der Waals surface area (Å²) in [7, 11) is 1.52. The number of halogens is 1. The molecule has 4 rings (SSSR count). The zero-order chi connectivity index (χ0) is 23.4. The lowest BCUT2D eigenvalue weighted by Crippen LogP contribution is -2.39. The minimum Gasteiger partial charge on any atom is -0.497 e. The topological polar surface area (TPSA) is 76.2 Å². The van der Waals surface area contributed by atoms with Gasteiger partial charge in [0.1, 0.15) is 17.5 Å². The molecule has 2 aliphatic rings. The summed E-state index contributed by atoms with van der Waals surface area (Å²) in [5.41, 5.74) is 0.887. The summed E-state index contributed by atoms with van der Waals surface area (Å²) >= 11 is 0. The van der Waals surface area contributed by atoms with E-state index in [9.17, 15) is 18.8 Å². The molecule has 8 heteroatoms. The number of hydrogen-bond acceptors (Lipinski definition) is 6. The third-order valence-electron chi connectivity index (χ3n) is 6.25. The fraction of sp³-hybridized carbons (Fsp3) is 0.400. The van der Waals surface area contributed by atoms with Crippen LogP contribution in [0.25, 0.3) is 0 Å². The number of morpholine rings is 1. The Morgan fingerprint density at radius 1 is 1.03 bits per heavy atom. The molecule has 2 heterocycles. The fourth-order valence-corrected chi connectivity index (χ4v) is 4.48. The van der Waals surface area contributed by atoms with E-state index in [0.717, 1.165) is 19.6 Å². The van der Waals surface area contributed by atoms with Crippen molar-refractivity contribution in [2.45, 2.75) is 12.5 Å². The van der Waals surface area contributed by atoms with Crippen LogP contribution in [0, 0.1) is 11.7 Å². The van der Waals surface area contributed by atoms with Gasteiger partial charge in [0, 0.05) is 31.7 Å². The lowest BCUT2D eigenvalue weighted by Gasteiger charge is -2.30. The molecule has 0 aromatic heterocycles. The number of methoxy groups -OCH3 is 1. The SMILES string of the molecule is COc1ccc(C(=O)C2C(=O)C(=O)N(CCCN3CCOCC3)C2c2ccc(F)cc2)cc1. The van der Waals surface area contributed by atoms with Crippen molar-refractivity contribution in [1.82, 2.24) is 9.80 Å². The van der Waals surface area contributed by atoms with Crippen LogP contribution in [0.15, 0.2) is 48.5 Å². The van der Waals surface area contributed by atoms with E-state index in [4.69, 9.17) is 9.47 Å². The predicted molar refractivity (Wildman–Crippen MR) is 119 cm³/mol. The molecule has 0 spiro atoms. The minimum absolute atomic E-state index is 0.323. The Kier molecular flexibility index (Phi) is 7.15. The van der Waals surface area contributed by atoms with Crippen molar-refractivity contribution < 1.29 is 28.2 Å². The number of amides is 1. The molecular weight excluding hydrogens is 427 g/mol. The molecule has 2 fully saturated rings. The number of carbonyl (C=O) groups is 3. The standard InChI is InChI=1S/C25H27FN2O5/c1-32-20-9-5-18(6-10-20)23(29)21-22(17-3-7-19(26)8-4-17)28(25(31)24(21)30)12-2-11-27-13-15-33-16-14-27/h3-10,21-22H,2,11-16H2,1H3. The van der Waals surface area contributed by atoms with Crippen molar-refractivity contribution in [2.75, 3.05) is 46.5 Å². The summed E-state index contributed by atoms with van der Waals surface area (Å²) in [6.45, 7) is 4.10. The molecule has 0 N–H and O–H groups in total. The van der Waals surface area contributed by atoms with Crippen LogP contribution in [0.1, 0.15) is 28.4 Å². The van der Waals surface area contributed by atoms with E-state index in [1.165, 1.54) is 36.3 Å². The molecule has 0 bridgehead atoms. The van der Waals surface area contributed by atoms with Crippen LogP contribution in [-0.4, -0.2) is 73.8 Å². The van der Waals surface area contributed by atoms with Gasteiger partial charge in [0.15, 0.2) is 5.78 Å². The summed E-state index contributed by atoms with van der Waals surface area (Å²) < 4.78 is 24.1. The lowest BCUT2D eigenvalue weighted by atomic mass is 9.86. The van der Waals surface area contributed by atoms with Crippen molar-refractivity contribution in [3.8, 4) is 5.75 Å². The van der Waals surface area contributed by atoms with Crippen LogP contribution in [0.5, 0.6) is 5.75 Å². The van der Waals surface area contributed by atoms with Gasteiger partial charge in [0.25, 0.3) is 5.91 Å². The minimum atomic E-state index is -1.18. The number of benzene rings is 2. The molecule has 2 aromatic rings. The van der Waals surface area contributed by atoms with E-state index in [-0.39, 0.29) is 0 Å². The average Bonchev–Trinajstić information content (AvgIpc) is 3.10. The van der Waals surface area contributed by atoms with Gasteiger partial charge in [-0.2, -0.15) is 0 Å². The van der Waals surface area contributed by atoms with Crippen LogP contribution in [0.3, 0.4) is 0 Å². The highest BCUT2D eigenvalue weighted by Gasteiger charge is 2.51. The highest BCUT2D eigenvalue weighted by atomic mass is 19.1. The maximum absolute atomic E-state index is 13.6. The first-order chi connectivity index (χ1) is 16.0. The zero-order valence-corrected chi connectivity index (χ0v) is 18.5. The molecule has 1 amide bonds. The second-order valence-corrected chi connectivity index (χ2v) is 8.24. The molecule has 2 saturated heterocycles. The van der Waals surface area contributed by atoms with Crippen LogP contribution in [0.2, 0.25) is 0 Å². The van der Waals surface area contributed by atoms with Crippen LogP contribution >= 0.6 is 0 Å². The number of Topliss-reactive ketones (excluding diaryl/α,β-unsaturated/α-hetero) is 2. The van der Waals surface area contributed by atoms with Crippen molar-refractivity contribution >= 4 is 17.5 Å². The summed E-state index contributed by atoms with van der Waals surface area (Å²) in [6, 6.07) is 11.3. The molecule has 7 nitrogen and oxygen atoms in total. The number of ketones is 2. The van der Waals surface area contributed by atoms with Crippen molar-refractivity contribution in [2.24, 2.45) is 5.92 Å². The number of ether oxygens (including phenoxy) is 2. The van der Waals surface area contributed by atoms with Crippen molar-refractivity contribution in [1.29, 1.82) is 0 Å². The average molecular weight is 454 g/mol. The van der Waals surface area contributed by atoms with Crippen LogP contribution in [0.4, 0.5) is 4.39 Å². The first-order valence-corrected chi connectivity index (χ1v) is 11.1. The normalized spacial score (nSPS) is 21.5. The van der Waals surface area contributed by atoms with Gasteiger partial charge in [-0.3, -0.25) is 19.3 Å². The number of hydrogen-bond donors (Lipinski definition) is 0. The van der Waals surface area contributed by atoms with E-state index in [2.05, 4.69) is 4.90 Å². The molecule has 33 heavy (non-hydrogen) atoms. The number of nitrogens with zero attached hydrogens (tertiary/aromatic N) is 2. The Bertz CT molecular complexity index is 1000. The molecule has 2 aliphatic heterocycles. The summed E-state index contributed by atoms with van der Waals surface area (Å²) in [4.78, 5) is 43.1. The molecular formula is C25H27FN2O5. The summed E-state index contributed by atoms with van der Waals surface area (Å²) in [5.74, 6) is -2.85. The van der Waals surface area contributed by atoms with Gasteiger partial charge in [-0.05, 0) is 48.4 Å². The van der Waals surface area contributed by atoms with Gasteiger partial charge >= 0.3 is 0 Å². The van der Waals surface area contributed by atoms with Crippen molar-refractivity contribution in [3.63, 3.8) is 0 Å². The first-order valence-electron chi connectivity index (χ1n) is 11.1. The molecule has 0 radical (unpaired) electrons. The van der Waals surface area contributed by atoms with E-state index < -0.39 is 35.3 Å². The zero-order valence-electron chi connectivity index (χ0n) is 18.5. The van der Waals surface area contributed by atoms with Gasteiger partial charge in [-0.25, -0.2) is 4.39 Å². The Morgan fingerprint density at radius 2 is 1.70 bits per heavy atom. The second-order valence-electron chi connectivity index (χ2n) is 8.24. The number of rotatable bonds is 8. The lowest BCUT2D eigenvalue weighted by molar-refractivity contribution is -0.140. The summed E-state index contributed by atoms with van der Waals surface area (Å²) in [6.07, 6.45) is 0.653. The molecule has 0 aliphatic carbocycles. The maximum Gasteiger partial charge on any atom is 0.291 e. The fourth-order valence-electron chi connectivity index (χ4n) is 4.48. The number of likely N-dealkylation sites (tertiary alicyclic amines) is 1. The molecule has 2 unspecified atom stereocenters. The number of carbonyl (C=O) groups excluding carboxylic acids is 3. The van der Waals surface area contributed by atoms with E-state index in [1.54, 1.807) is 24.3 Å². The molecule has 2 atom stereocenters. The van der Waals surface area contributed by atoms with Crippen LogP contribution in [-0.2, 0) is 14.3 Å². The Balaban J connectivity index is 1.59. The molecule has 174 valence electrons. The largest absolute Gasteiger partial charge is 0.497 e. The van der Waals surface area contributed by atoms with Gasteiger partial charge < -0.3 is 14.4 Å². The summed E-state index contributed by atoms with van der Waals surface area (Å²) in [5, 5.41) is 0. The third-order valence-corrected chi connectivity index (χ3v) is 6.25. The molecule has 2 aromatic carbocycles. The van der Waals surface area contributed by atoms with E-state index in [0.29, 0.717) is 43.1 Å². The first kappa shape index (κ1) is 23.1. The highest BCUT2D eigenvalue weighted by Crippen LogP contribution is 2.38. The van der Waals surface area contributed by atoms with Crippen molar-refractivity contribution in [3.05, 3.63) is 65.5 Å². The maximum atomic E-state index is 13.6. The quantitative estimate of drug-likeness (QED) is 0.347. The van der Waals surface area contributed by atoms with Gasteiger partial charge in [-0.15, -0.1) is 0 Å². The van der Waals surface area contributed by atoms with E-state index in [1.807, 2.05) is 0 Å². The third kappa shape index (κ3) is 4.96. The monoisotopic (exact) mass is 454 g/mol. The van der Waals surface area contributed by atoms with Crippen LogP contribution < -0.4 is 4.74 Å². The second kappa shape index (κ2) is 10.2. The Morgan fingerprint density at radius 3 is 2.33 bits per heavy atom. The van der Waals surface area contributed by atoms with Gasteiger partial charge in [0.05, 0.1) is 26.4 Å². The Labute approximate surface area is 192 Å².